The van der Waals surface area contributed by atoms with Crippen molar-refractivity contribution in [3.05, 3.63) is 45.3 Å². The van der Waals surface area contributed by atoms with Gasteiger partial charge in [-0.3, -0.25) is 4.79 Å². The van der Waals surface area contributed by atoms with Gasteiger partial charge < -0.3 is 14.5 Å². The van der Waals surface area contributed by atoms with Gasteiger partial charge in [0.2, 0.25) is 0 Å². The quantitative estimate of drug-likeness (QED) is 0.878. The average molecular weight is 296 g/mol. The maximum atomic E-state index is 12.0. The number of benzene rings is 1. The van der Waals surface area contributed by atoms with E-state index in [1.807, 2.05) is 0 Å². The molecule has 1 amide bonds. The summed E-state index contributed by atoms with van der Waals surface area (Å²) in [5.41, 5.74) is -0.490. The molecule has 20 heavy (non-hydrogen) atoms. The smallest absolute Gasteiger partial charge is 0.349 e. The normalized spacial score (nSPS) is 12.3. The Hall–Kier alpha value is -1.85. The van der Waals surface area contributed by atoms with E-state index in [-0.39, 0.29) is 17.2 Å². The number of rotatable bonds is 4. The summed E-state index contributed by atoms with van der Waals surface area (Å²) >= 11 is 5.94. The van der Waals surface area contributed by atoms with Gasteiger partial charge in [-0.1, -0.05) is 23.7 Å². The van der Waals surface area contributed by atoms with Gasteiger partial charge in [-0.05, 0) is 19.1 Å². The standard InChI is InChI=1S/C14H14ClNO4/c1-8(7-19-2)16-13(17)10-6-9-4-3-5-11(15)12(9)20-14(10)18/h3-6,8H,7H2,1-2H3,(H,16,17)/t8-/m1/s1. The summed E-state index contributed by atoms with van der Waals surface area (Å²) in [5, 5.41) is 3.59. The first-order valence-corrected chi connectivity index (χ1v) is 6.43. The van der Waals surface area contributed by atoms with Crippen LogP contribution in [0.3, 0.4) is 0 Å². The van der Waals surface area contributed by atoms with Crippen LogP contribution in [0.1, 0.15) is 17.3 Å². The van der Waals surface area contributed by atoms with E-state index < -0.39 is 11.5 Å². The van der Waals surface area contributed by atoms with Crippen LogP contribution in [0.5, 0.6) is 0 Å². The third kappa shape index (κ3) is 3.00. The van der Waals surface area contributed by atoms with Crippen LogP contribution < -0.4 is 10.9 Å². The van der Waals surface area contributed by atoms with Gasteiger partial charge in [0, 0.05) is 18.5 Å². The third-order valence-electron chi connectivity index (χ3n) is 2.75. The van der Waals surface area contributed by atoms with E-state index in [1.165, 1.54) is 13.2 Å². The number of ether oxygens (including phenoxy) is 1. The summed E-state index contributed by atoms with van der Waals surface area (Å²) in [7, 11) is 1.54. The van der Waals surface area contributed by atoms with E-state index in [0.29, 0.717) is 17.0 Å². The Morgan fingerprint density at radius 3 is 2.95 bits per heavy atom. The van der Waals surface area contributed by atoms with Crippen LogP contribution in [-0.2, 0) is 4.74 Å². The fraction of sp³-hybridized carbons (Fsp3) is 0.286. The predicted octanol–water partition coefficient (Wildman–Crippen LogP) is 2.21. The van der Waals surface area contributed by atoms with Gasteiger partial charge in [-0.25, -0.2) is 4.79 Å². The summed E-state index contributed by atoms with van der Waals surface area (Å²) in [6.07, 6.45) is 0. The van der Waals surface area contributed by atoms with Crippen molar-refractivity contribution >= 4 is 28.5 Å². The topological polar surface area (TPSA) is 68.5 Å². The fourth-order valence-corrected chi connectivity index (χ4v) is 2.08. The van der Waals surface area contributed by atoms with Gasteiger partial charge in [0.15, 0.2) is 5.58 Å². The lowest BCUT2D eigenvalue weighted by Crippen LogP contribution is -2.37. The Balaban J connectivity index is 2.38. The number of methoxy groups -OCH3 is 1. The van der Waals surface area contributed by atoms with Crippen molar-refractivity contribution in [1.29, 1.82) is 0 Å². The highest BCUT2D eigenvalue weighted by Crippen LogP contribution is 2.22. The Labute approximate surface area is 120 Å². The zero-order valence-electron chi connectivity index (χ0n) is 11.1. The molecule has 0 aliphatic rings. The molecule has 1 atom stereocenters. The molecule has 2 rings (SSSR count). The second-order valence-electron chi connectivity index (χ2n) is 4.44. The molecule has 106 valence electrons. The molecule has 0 unspecified atom stereocenters. The highest BCUT2D eigenvalue weighted by molar-refractivity contribution is 6.34. The van der Waals surface area contributed by atoms with Gasteiger partial charge >= 0.3 is 5.63 Å². The van der Waals surface area contributed by atoms with Crippen LogP contribution in [-0.4, -0.2) is 25.7 Å². The lowest BCUT2D eigenvalue weighted by molar-refractivity contribution is 0.0902. The van der Waals surface area contributed by atoms with E-state index in [9.17, 15) is 9.59 Å². The molecule has 1 heterocycles. The van der Waals surface area contributed by atoms with Crippen molar-refractivity contribution in [1.82, 2.24) is 5.32 Å². The molecule has 1 aromatic heterocycles. The molecule has 6 heteroatoms. The van der Waals surface area contributed by atoms with Gasteiger partial charge in [0.1, 0.15) is 5.56 Å². The molecule has 0 radical (unpaired) electrons. The van der Waals surface area contributed by atoms with E-state index in [1.54, 1.807) is 25.1 Å². The monoisotopic (exact) mass is 295 g/mol. The van der Waals surface area contributed by atoms with Crippen molar-refractivity contribution in [3.8, 4) is 0 Å². The second-order valence-corrected chi connectivity index (χ2v) is 4.84. The Kier molecular flexibility index (Phi) is 4.42. The van der Waals surface area contributed by atoms with Crippen molar-refractivity contribution < 1.29 is 13.9 Å². The van der Waals surface area contributed by atoms with E-state index >= 15 is 0 Å². The minimum Gasteiger partial charge on any atom is -0.421 e. The lowest BCUT2D eigenvalue weighted by atomic mass is 10.1. The van der Waals surface area contributed by atoms with Gasteiger partial charge in [0.05, 0.1) is 11.6 Å². The predicted molar refractivity (Wildman–Crippen MR) is 76.3 cm³/mol. The molecule has 0 aliphatic carbocycles. The number of carbonyl (C=O) groups excluding carboxylic acids is 1. The SMILES string of the molecule is COC[C@@H](C)NC(=O)c1cc2cccc(Cl)c2oc1=O. The zero-order chi connectivity index (χ0) is 14.7. The summed E-state index contributed by atoms with van der Waals surface area (Å²) in [5.74, 6) is -0.495. The number of para-hydroxylation sites is 1. The third-order valence-corrected chi connectivity index (χ3v) is 3.05. The first kappa shape index (κ1) is 14.6. The lowest BCUT2D eigenvalue weighted by Gasteiger charge is -2.12. The van der Waals surface area contributed by atoms with E-state index in [0.717, 1.165) is 0 Å². The number of amides is 1. The molecule has 1 N–H and O–H groups in total. The molecule has 0 saturated heterocycles. The maximum absolute atomic E-state index is 12.0. The number of carbonyl (C=O) groups is 1. The Bertz CT molecular complexity index is 695. The van der Waals surface area contributed by atoms with Crippen LogP contribution >= 0.6 is 11.6 Å². The van der Waals surface area contributed by atoms with Gasteiger partial charge in [0.25, 0.3) is 5.91 Å². The summed E-state index contributed by atoms with van der Waals surface area (Å²) in [4.78, 5) is 23.9. The molecular formula is C14H14ClNO4. The number of hydrogen-bond donors (Lipinski definition) is 1. The first-order valence-electron chi connectivity index (χ1n) is 6.05. The number of fused-ring (bicyclic) bond motifs is 1. The van der Waals surface area contributed by atoms with Crippen molar-refractivity contribution in [2.75, 3.05) is 13.7 Å². The van der Waals surface area contributed by atoms with Crippen LogP contribution in [0.2, 0.25) is 5.02 Å². The van der Waals surface area contributed by atoms with E-state index in [2.05, 4.69) is 5.32 Å². The fourth-order valence-electron chi connectivity index (χ4n) is 1.86. The number of hydrogen-bond acceptors (Lipinski definition) is 4. The molecule has 0 saturated carbocycles. The van der Waals surface area contributed by atoms with Crippen LogP contribution in [0, 0.1) is 0 Å². The molecule has 1 aromatic carbocycles. The Morgan fingerprint density at radius 1 is 1.50 bits per heavy atom. The molecule has 5 nitrogen and oxygen atoms in total. The maximum Gasteiger partial charge on any atom is 0.349 e. The molecule has 0 spiro atoms. The highest BCUT2D eigenvalue weighted by Gasteiger charge is 2.16. The van der Waals surface area contributed by atoms with Crippen molar-refractivity contribution in [2.24, 2.45) is 0 Å². The molecule has 2 aromatic rings. The summed E-state index contributed by atoms with van der Waals surface area (Å²) in [6, 6.07) is 6.33. The highest BCUT2D eigenvalue weighted by atomic mass is 35.5. The molecule has 0 aliphatic heterocycles. The molecular weight excluding hydrogens is 282 g/mol. The second kappa shape index (κ2) is 6.07. The molecule has 0 bridgehead atoms. The van der Waals surface area contributed by atoms with Crippen molar-refractivity contribution in [2.45, 2.75) is 13.0 Å². The summed E-state index contributed by atoms with van der Waals surface area (Å²) in [6.45, 7) is 2.14. The largest absolute Gasteiger partial charge is 0.421 e. The number of halogens is 1. The zero-order valence-corrected chi connectivity index (χ0v) is 11.9. The van der Waals surface area contributed by atoms with Crippen LogP contribution in [0.4, 0.5) is 0 Å². The van der Waals surface area contributed by atoms with Gasteiger partial charge in [-0.2, -0.15) is 0 Å². The molecule has 0 fully saturated rings. The van der Waals surface area contributed by atoms with Crippen molar-refractivity contribution in [3.63, 3.8) is 0 Å². The summed E-state index contributed by atoms with van der Waals surface area (Å²) < 4.78 is 10.0. The van der Waals surface area contributed by atoms with Crippen LogP contribution in [0.25, 0.3) is 11.0 Å². The number of nitrogens with one attached hydrogen (secondary N) is 1. The van der Waals surface area contributed by atoms with Crippen LogP contribution in [0.15, 0.2) is 33.5 Å². The average Bonchev–Trinajstić information content (AvgIpc) is 2.39. The van der Waals surface area contributed by atoms with E-state index in [4.69, 9.17) is 20.8 Å². The minimum atomic E-state index is -0.715. The van der Waals surface area contributed by atoms with Gasteiger partial charge in [-0.15, -0.1) is 0 Å². The Morgan fingerprint density at radius 2 is 2.25 bits per heavy atom. The minimum absolute atomic E-state index is 0.0530. The first-order chi connectivity index (χ1) is 9.52.